The Labute approximate surface area is 120 Å². The lowest BCUT2D eigenvalue weighted by Crippen LogP contribution is -2.30. The molecule has 0 radical (unpaired) electrons. The van der Waals surface area contributed by atoms with Crippen molar-refractivity contribution in [3.8, 4) is 0 Å². The largest absolute Gasteiger partial charge is 0.362 e. The first-order valence-corrected chi connectivity index (χ1v) is 6.51. The molecule has 20 heavy (non-hydrogen) atoms. The summed E-state index contributed by atoms with van der Waals surface area (Å²) in [7, 11) is 0. The number of hydrogen-bond donors (Lipinski definition) is 2. The molecule has 2 aromatic rings. The van der Waals surface area contributed by atoms with Gasteiger partial charge < -0.3 is 15.2 Å². The molecule has 1 heterocycles. The van der Waals surface area contributed by atoms with E-state index in [0.717, 1.165) is 19.0 Å². The standard InChI is InChI=1S/C13H14F2N4S/c14-10-2-3-12(11(15)8-10)18-13(20)17-4-1-6-19-7-5-16-9-19/h2-3,5,7-9H,1,4,6H2,(H2,17,18,20). The molecule has 2 rings (SSSR count). The van der Waals surface area contributed by atoms with E-state index in [1.54, 1.807) is 12.5 Å². The predicted octanol–water partition coefficient (Wildman–Crippen LogP) is 2.54. The molecule has 0 saturated heterocycles. The minimum atomic E-state index is -0.674. The first-order chi connectivity index (χ1) is 9.65. The quantitative estimate of drug-likeness (QED) is 0.657. The van der Waals surface area contributed by atoms with Gasteiger partial charge in [-0.1, -0.05) is 0 Å². The summed E-state index contributed by atoms with van der Waals surface area (Å²) >= 11 is 5.04. The van der Waals surface area contributed by atoms with Crippen LogP contribution in [0.5, 0.6) is 0 Å². The van der Waals surface area contributed by atoms with Gasteiger partial charge in [-0.25, -0.2) is 13.8 Å². The van der Waals surface area contributed by atoms with Crippen LogP contribution in [0.2, 0.25) is 0 Å². The number of anilines is 1. The molecule has 1 aromatic carbocycles. The SMILES string of the molecule is Fc1ccc(NC(=S)NCCCn2ccnc2)c(F)c1. The van der Waals surface area contributed by atoms with Gasteiger partial charge in [0.25, 0.3) is 0 Å². The van der Waals surface area contributed by atoms with Crippen molar-refractivity contribution in [1.82, 2.24) is 14.9 Å². The van der Waals surface area contributed by atoms with Crippen molar-refractivity contribution < 1.29 is 8.78 Å². The third-order valence-electron chi connectivity index (χ3n) is 2.62. The van der Waals surface area contributed by atoms with Crippen LogP contribution in [-0.2, 0) is 6.54 Å². The molecule has 1 aromatic heterocycles. The Bertz CT molecular complexity index is 572. The fourth-order valence-corrected chi connectivity index (χ4v) is 1.85. The van der Waals surface area contributed by atoms with Crippen molar-refractivity contribution in [3.05, 3.63) is 48.6 Å². The molecule has 0 spiro atoms. The summed E-state index contributed by atoms with van der Waals surface area (Å²) < 4.78 is 28.1. The zero-order chi connectivity index (χ0) is 14.4. The van der Waals surface area contributed by atoms with Gasteiger partial charge in [0, 0.05) is 31.5 Å². The lowest BCUT2D eigenvalue weighted by molar-refractivity contribution is 0.586. The maximum Gasteiger partial charge on any atom is 0.170 e. The molecule has 0 aliphatic carbocycles. The van der Waals surface area contributed by atoms with Gasteiger partial charge in [0.05, 0.1) is 12.0 Å². The van der Waals surface area contributed by atoms with E-state index in [1.807, 2.05) is 10.8 Å². The number of aromatic nitrogens is 2. The van der Waals surface area contributed by atoms with E-state index in [9.17, 15) is 8.78 Å². The van der Waals surface area contributed by atoms with Gasteiger partial charge in [-0.3, -0.25) is 0 Å². The molecule has 0 unspecified atom stereocenters. The van der Waals surface area contributed by atoms with Crippen LogP contribution in [0.25, 0.3) is 0 Å². The van der Waals surface area contributed by atoms with Crippen LogP contribution >= 0.6 is 12.2 Å². The van der Waals surface area contributed by atoms with Crippen molar-refractivity contribution in [3.63, 3.8) is 0 Å². The van der Waals surface area contributed by atoms with E-state index in [4.69, 9.17) is 12.2 Å². The Morgan fingerprint density at radius 1 is 1.35 bits per heavy atom. The number of rotatable bonds is 5. The molecule has 0 atom stereocenters. The van der Waals surface area contributed by atoms with Crippen molar-refractivity contribution in [2.75, 3.05) is 11.9 Å². The predicted molar refractivity (Wildman–Crippen MR) is 77.4 cm³/mol. The first-order valence-electron chi connectivity index (χ1n) is 6.11. The molecule has 0 aliphatic rings. The van der Waals surface area contributed by atoms with Crippen LogP contribution < -0.4 is 10.6 Å². The van der Waals surface area contributed by atoms with E-state index in [-0.39, 0.29) is 5.69 Å². The van der Waals surface area contributed by atoms with Gasteiger partial charge >= 0.3 is 0 Å². The number of nitrogens with one attached hydrogen (secondary N) is 2. The summed E-state index contributed by atoms with van der Waals surface area (Å²) in [6.07, 6.45) is 6.19. The summed E-state index contributed by atoms with van der Waals surface area (Å²) in [5.74, 6) is -1.29. The number of nitrogens with zero attached hydrogens (tertiary/aromatic N) is 2. The maximum absolute atomic E-state index is 13.4. The van der Waals surface area contributed by atoms with Gasteiger partial charge in [-0.15, -0.1) is 0 Å². The molecule has 2 N–H and O–H groups in total. The number of benzene rings is 1. The second kappa shape index (κ2) is 6.95. The normalized spacial score (nSPS) is 10.3. The summed E-state index contributed by atoms with van der Waals surface area (Å²) in [5, 5.41) is 5.96. The molecule has 0 aliphatic heterocycles. The Balaban J connectivity index is 1.72. The maximum atomic E-state index is 13.4. The average Bonchev–Trinajstić information content (AvgIpc) is 2.91. The Kier molecular flexibility index (Phi) is 5.00. The number of aryl methyl sites for hydroxylation is 1. The smallest absolute Gasteiger partial charge is 0.170 e. The molecular formula is C13H14F2N4S. The lowest BCUT2D eigenvalue weighted by Gasteiger charge is -2.11. The van der Waals surface area contributed by atoms with Crippen LogP contribution in [0.1, 0.15) is 6.42 Å². The van der Waals surface area contributed by atoms with Gasteiger partial charge in [-0.05, 0) is 30.8 Å². The number of thiocarbonyl (C=S) groups is 1. The monoisotopic (exact) mass is 296 g/mol. The van der Waals surface area contributed by atoms with Crippen molar-refractivity contribution in [1.29, 1.82) is 0 Å². The molecular weight excluding hydrogens is 282 g/mol. The number of halogens is 2. The number of imidazole rings is 1. The fraction of sp³-hybridized carbons (Fsp3) is 0.231. The zero-order valence-electron chi connectivity index (χ0n) is 10.6. The van der Waals surface area contributed by atoms with E-state index >= 15 is 0 Å². The highest BCUT2D eigenvalue weighted by Crippen LogP contribution is 2.14. The van der Waals surface area contributed by atoms with E-state index in [1.165, 1.54) is 12.1 Å². The van der Waals surface area contributed by atoms with Crippen molar-refractivity contribution in [2.24, 2.45) is 0 Å². The highest BCUT2D eigenvalue weighted by molar-refractivity contribution is 7.80. The highest BCUT2D eigenvalue weighted by Gasteiger charge is 2.05. The topological polar surface area (TPSA) is 41.9 Å². The third kappa shape index (κ3) is 4.27. The van der Waals surface area contributed by atoms with Gasteiger partial charge in [0.1, 0.15) is 11.6 Å². The Hall–Kier alpha value is -2.02. The first kappa shape index (κ1) is 14.4. The minimum Gasteiger partial charge on any atom is -0.362 e. The summed E-state index contributed by atoms with van der Waals surface area (Å²) in [4.78, 5) is 3.94. The van der Waals surface area contributed by atoms with E-state index in [2.05, 4.69) is 15.6 Å². The van der Waals surface area contributed by atoms with Crippen LogP contribution in [0.15, 0.2) is 36.9 Å². The van der Waals surface area contributed by atoms with Crippen LogP contribution in [0, 0.1) is 11.6 Å². The summed E-state index contributed by atoms with van der Waals surface area (Å²) in [6, 6.07) is 3.29. The molecule has 7 heteroatoms. The number of hydrogen-bond acceptors (Lipinski definition) is 2. The zero-order valence-corrected chi connectivity index (χ0v) is 11.5. The molecule has 106 valence electrons. The molecule has 0 bridgehead atoms. The molecule has 0 saturated carbocycles. The van der Waals surface area contributed by atoms with Gasteiger partial charge in [0.2, 0.25) is 0 Å². The summed E-state index contributed by atoms with van der Waals surface area (Å²) in [5.41, 5.74) is 0.151. The van der Waals surface area contributed by atoms with Crippen LogP contribution in [0.3, 0.4) is 0 Å². The van der Waals surface area contributed by atoms with E-state index < -0.39 is 11.6 Å². The van der Waals surface area contributed by atoms with Crippen molar-refractivity contribution in [2.45, 2.75) is 13.0 Å². The fourth-order valence-electron chi connectivity index (χ4n) is 1.64. The summed E-state index contributed by atoms with van der Waals surface area (Å²) in [6.45, 7) is 1.47. The molecule has 4 nitrogen and oxygen atoms in total. The lowest BCUT2D eigenvalue weighted by atomic mass is 10.3. The Morgan fingerprint density at radius 3 is 2.90 bits per heavy atom. The highest BCUT2D eigenvalue weighted by atomic mass is 32.1. The van der Waals surface area contributed by atoms with Gasteiger partial charge in [-0.2, -0.15) is 0 Å². The van der Waals surface area contributed by atoms with Gasteiger partial charge in [0.15, 0.2) is 5.11 Å². The molecule has 0 fully saturated rings. The second-order valence-electron chi connectivity index (χ2n) is 4.16. The van der Waals surface area contributed by atoms with Crippen LogP contribution in [0.4, 0.5) is 14.5 Å². The third-order valence-corrected chi connectivity index (χ3v) is 2.86. The van der Waals surface area contributed by atoms with E-state index in [0.29, 0.717) is 11.7 Å². The molecule has 0 amide bonds. The second-order valence-corrected chi connectivity index (χ2v) is 4.57. The Morgan fingerprint density at radius 2 is 2.20 bits per heavy atom. The minimum absolute atomic E-state index is 0.151. The van der Waals surface area contributed by atoms with Crippen LogP contribution in [-0.4, -0.2) is 21.2 Å². The average molecular weight is 296 g/mol. The van der Waals surface area contributed by atoms with Crippen molar-refractivity contribution >= 4 is 23.0 Å².